The van der Waals surface area contributed by atoms with E-state index in [1.165, 1.54) is 0 Å². The highest BCUT2D eigenvalue weighted by Gasteiger charge is 2.24. The highest BCUT2D eigenvalue weighted by molar-refractivity contribution is 4.42. The molecule has 0 bridgehead atoms. The minimum atomic E-state index is -1.26. The Balaban J connectivity index is 2.33. The third-order valence-corrected chi connectivity index (χ3v) is 0.582. The molecule has 5 heteroatoms. The molecule has 2 atom stereocenters. The molecule has 0 radical (unpaired) electrons. The van der Waals surface area contributed by atoms with Gasteiger partial charge < -0.3 is 10.2 Å². The number of aliphatic hydroxyl groups is 2. The molecule has 1 fully saturated rings. The average Bonchev–Trinajstić information content (AvgIpc) is 1.91. The molecular formula is C2H5NO4. The fourth-order valence-electron chi connectivity index (χ4n) is 0.243. The lowest BCUT2D eigenvalue weighted by molar-refractivity contribution is -0.134. The molecule has 1 saturated heterocycles. The zero-order valence-electron chi connectivity index (χ0n) is 3.37. The summed E-state index contributed by atoms with van der Waals surface area (Å²) < 4.78 is 0. The Kier molecular flexibility index (Phi) is 1.22. The second-order valence-electron chi connectivity index (χ2n) is 1.10. The van der Waals surface area contributed by atoms with Crippen LogP contribution in [-0.4, -0.2) is 22.8 Å². The van der Waals surface area contributed by atoms with Crippen LogP contribution in [0.1, 0.15) is 0 Å². The van der Waals surface area contributed by atoms with Crippen molar-refractivity contribution in [1.29, 1.82) is 0 Å². The third kappa shape index (κ3) is 0.872. The number of aliphatic hydroxyl groups excluding tert-OH is 2. The standard InChI is InChI=1S/C2H5NO4/c4-1-2(5)7-3-6-1/h1-5H. The Morgan fingerprint density at radius 1 is 1.14 bits per heavy atom. The van der Waals surface area contributed by atoms with Gasteiger partial charge >= 0.3 is 0 Å². The SMILES string of the molecule is OC1ONOC1O. The summed E-state index contributed by atoms with van der Waals surface area (Å²) in [4.78, 5) is 8.20. The molecule has 0 aliphatic carbocycles. The first-order chi connectivity index (χ1) is 3.30. The van der Waals surface area contributed by atoms with Gasteiger partial charge in [-0.3, -0.25) is 0 Å². The van der Waals surface area contributed by atoms with Crippen molar-refractivity contribution in [3.05, 3.63) is 0 Å². The van der Waals surface area contributed by atoms with Gasteiger partial charge in [0.05, 0.1) is 0 Å². The Bertz CT molecular complexity index is 58.7. The van der Waals surface area contributed by atoms with Crippen LogP contribution in [0.4, 0.5) is 0 Å². The minimum Gasteiger partial charge on any atom is -0.363 e. The van der Waals surface area contributed by atoms with Gasteiger partial charge in [0.2, 0.25) is 12.6 Å². The largest absolute Gasteiger partial charge is 0.363 e. The third-order valence-electron chi connectivity index (χ3n) is 0.582. The van der Waals surface area contributed by atoms with Crippen LogP contribution in [0.2, 0.25) is 0 Å². The Hall–Kier alpha value is -0.200. The molecule has 42 valence electrons. The normalized spacial score (nSPS) is 42.0. The summed E-state index contributed by atoms with van der Waals surface area (Å²) in [7, 11) is 0. The van der Waals surface area contributed by atoms with E-state index in [0.717, 1.165) is 0 Å². The van der Waals surface area contributed by atoms with E-state index in [0.29, 0.717) is 0 Å². The quantitative estimate of drug-likeness (QED) is 0.337. The topological polar surface area (TPSA) is 71.0 Å². The molecule has 0 amide bonds. The van der Waals surface area contributed by atoms with Gasteiger partial charge in [-0.1, -0.05) is 5.64 Å². The molecule has 2 unspecified atom stereocenters. The lowest BCUT2D eigenvalue weighted by Crippen LogP contribution is -2.20. The van der Waals surface area contributed by atoms with Crippen molar-refractivity contribution < 1.29 is 19.9 Å². The summed E-state index contributed by atoms with van der Waals surface area (Å²) in [6.45, 7) is 0. The van der Waals surface area contributed by atoms with Crippen molar-refractivity contribution in [2.45, 2.75) is 12.6 Å². The van der Waals surface area contributed by atoms with Crippen LogP contribution in [0.5, 0.6) is 0 Å². The molecule has 7 heavy (non-hydrogen) atoms. The lowest BCUT2D eigenvalue weighted by atomic mass is 10.6. The second kappa shape index (κ2) is 1.73. The fraction of sp³-hybridized carbons (Fsp3) is 1.00. The average molecular weight is 107 g/mol. The van der Waals surface area contributed by atoms with E-state index in [2.05, 4.69) is 9.68 Å². The smallest absolute Gasteiger partial charge is 0.230 e. The van der Waals surface area contributed by atoms with E-state index in [1.807, 2.05) is 5.64 Å². The summed E-state index contributed by atoms with van der Waals surface area (Å²) in [6.07, 6.45) is -2.53. The first-order valence-electron chi connectivity index (χ1n) is 1.73. The van der Waals surface area contributed by atoms with Crippen LogP contribution in [-0.2, 0) is 9.68 Å². The monoisotopic (exact) mass is 107 g/mol. The minimum absolute atomic E-state index is 1.26. The first kappa shape index (κ1) is 4.95. The van der Waals surface area contributed by atoms with Crippen LogP contribution in [0, 0.1) is 0 Å². The molecule has 0 spiro atoms. The van der Waals surface area contributed by atoms with Gasteiger partial charge in [0.1, 0.15) is 0 Å². The summed E-state index contributed by atoms with van der Waals surface area (Å²) in [6, 6.07) is 0. The summed E-state index contributed by atoms with van der Waals surface area (Å²) >= 11 is 0. The molecule has 1 rings (SSSR count). The van der Waals surface area contributed by atoms with Crippen LogP contribution >= 0.6 is 0 Å². The summed E-state index contributed by atoms with van der Waals surface area (Å²) in [5.74, 6) is 0. The van der Waals surface area contributed by atoms with Crippen LogP contribution < -0.4 is 5.64 Å². The highest BCUT2D eigenvalue weighted by Crippen LogP contribution is 1.99. The van der Waals surface area contributed by atoms with Crippen molar-refractivity contribution in [3.63, 3.8) is 0 Å². The van der Waals surface area contributed by atoms with E-state index in [9.17, 15) is 0 Å². The molecule has 1 aliphatic rings. The fourth-order valence-corrected chi connectivity index (χ4v) is 0.243. The molecule has 1 aliphatic heterocycles. The van der Waals surface area contributed by atoms with E-state index in [4.69, 9.17) is 10.2 Å². The van der Waals surface area contributed by atoms with Gasteiger partial charge in [0.25, 0.3) is 0 Å². The van der Waals surface area contributed by atoms with Gasteiger partial charge in [-0.25, -0.2) is 9.68 Å². The second-order valence-corrected chi connectivity index (χ2v) is 1.10. The Morgan fingerprint density at radius 3 is 1.71 bits per heavy atom. The van der Waals surface area contributed by atoms with E-state index < -0.39 is 12.6 Å². The van der Waals surface area contributed by atoms with Gasteiger partial charge in [-0.05, 0) is 0 Å². The van der Waals surface area contributed by atoms with Crippen LogP contribution in [0.3, 0.4) is 0 Å². The highest BCUT2D eigenvalue weighted by atomic mass is 17.0. The van der Waals surface area contributed by atoms with Crippen molar-refractivity contribution >= 4 is 0 Å². The molecule has 1 heterocycles. The van der Waals surface area contributed by atoms with E-state index in [1.54, 1.807) is 0 Å². The summed E-state index contributed by atoms with van der Waals surface area (Å²) in [5, 5.41) is 16.7. The zero-order chi connectivity index (χ0) is 5.28. The number of hydrogen-bond donors (Lipinski definition) is 3. The molecule has 0 saturated carbocycles. The number of nitrogens with one attached hydrogen (secondary N) is 1. The Morgan fingerprint density at radius 2 is 1.57 bits per heavy atom. The zero-order valence-corrected chi connectivity index (χ0v) is 3.37. The van der Waals surface area contributed by atoms with Crippen molar-refractivity contribution in [2.75, 3.05) is 0 Å². The van der Waals surface area contributed by atoms with Crippen molar-refractivity contribution in [1.82, 2.24) is 5.64 Å². The lowest BCUT2D eigenvalue weighted by Gasteiger charge is -1.97. The first-order valence-corrected chi connectivity index (χ1v) is 1.73. The van der Waals surface area contributed by atoms with E-state index >= 15 is 0 Å². The number of rotatable bonds is 0. The van der Waals surface area contributed by atoms with Gasteiger partial charge in [-0.2, -0.15) is 0 Å². The maximum absolute atomic E-state index is 8.34. The van der Waals surface area contributed by atoms with Gasteiger partial charge in [0.15, 0.2) is 0 Å². The number of hydrogen-bond acceptors (Lipinski definition) is 5. The molecule has 3 N–H and O–H groups in total. The molecular weight excluding hydrogens is 102 g/mol. The van der Waals surface area contributed by atoms with Crippen LogP contribution in [0.15, 0.2) is 0 Å². The molecule has 0 aromatic heterocycles. The Labute approximate surface area is 39.4 Å². The summed E-state index contributed by atoms with van der Waals surface area (Å²) in [5.41, 5.74) is 1.82. The van der Waals surface area contributed by atoms with Crippen molar-refractivity contribution in [2.24, 2.45) is 0 Å². The van der Waals surface area contributed by atoms with E-state index in [-0.39, 0.29) is 0 Å². The van der Waals surface area contributed by atoms with Gasteiger partial charge in [0, 0.05) is 0 Å². The van der Waals surface area contributed by atoms with Crippen molar-refractivity contribution in [3.8, 4) is 0 Å². The maximum atomic E-state index is 8.34. The molecule has 0 aromatic rings. The predicted molar refractivity (Wildman–Crippen MR) is 17.3 cm³/mol. The molecule has 0 aromatic carbocycles. The van der Waals surface area contributed by atoms with Crippen LogP contribution in [0.25, 0.3) is 0 Å². The maximum Gasteiger partial charge on any atom is 0.230 e. The van der Waals surface area contributed by atoms with Gasteiger partial charge in [-0.15, -0.1) is 0 Å². The predicted octanol–water partition coefficient (Wildman–Crippen LogP) is -1.91. The molecule has 5 nitrogen and oxygen atoms in total.